The van der Waals surface area contributed by atoms with Crippen molar-refractivity contribution in [1.29, 1.82) is 0 Å². The van der Waals surface area contributed by atoms with E-state index in [2.05, 4.69) is 16.2 Å². The Morgan fingerprint density at radius 2 is 1.70 bits per heavy atom. The van der Waals surface area contributed by atoms with E-state index < -0.39 is 5.91 Å². The fourth-order valence-corrected chi connectivity index (χ4v) is 2.46. The van der Waals surface area contributed by atoms with E-state index >= 15 is 0 Å². The summed E-state index contributed by atoms with van der Waals surface area (Å²) < 4.78 is 5.56. The molecule has 0 saturated carbocycles. The average molecular weight is 385 g/mol. The van der Waals surface area contributed by atoms with Crippen molar-refractivity contribution in [1.82, 2.24) is 16.2 Å². The molecule has 0 heterocycles. The minimum Gasteiger partial charge on any atom is -0.493 e. The van der Waals surface area contributed by atoms with Gasteiger partial charge in [-0.3, -0.25) is 20.4 Å². The molecule has 0 spiro atoms. The van der Waals surface area contributed by atoms with Crippen LogP contribution in [0.5, 0.6) is 5.75 Å². The molecule has 0 aliphatic rings. The molecule has 0 saturated heterocycles. The van der Waals surface area contributed by atoms with Crippen molar-refractivity contribution in [3.8, 4) is 5.75 Å². The highest BCUT2D eigenvalue weighted by molar-refractivity contribution is 7.80. The Balaban J connectivity index is 1.78. The predicted octanol–water partition coefficient (Wildman–Crippen LogP) is 2.74. The Hall–Kier alpha value is -2.93. The molecule has 27 heavy (non-hydrogen) atoms. The quantitative estimate of drug-likeness (QED) is 0.505. The molecule has 0 aliphatic heterocycles. The van der Waals surface area contributed by atoms with Crippen molar-refractivity contribution < 1.29 is 14.3 Å². The van der Waals surface area contributed by atoms with Crippen LogP contribution in [0.25, 0.3) is 0 Å². The van der Waals surface area contributed by atoms with Gasteiger partial charge in [-0.1, -0.05) is 49.4 Å². The molecule has 2 amide bonds. The number of carbonyl (C=O) groups is 2. The van der Waals surface area contributed by atoms with E-state index in [9.17, 15) is 9.59 Å². The largest absolute Gasteiger partial charge is 0.493 e. The van der Waals surface area contributed by atoms with Crippen LogP contribution in [0.1, 0.15) is 35.7 Å². The van der Waals surface area contributed by atoms with Crippen LogP contribution in [-0.2, 0) is 11.2 Å². The molecular weight excluding hydrogens is 362 g/mol. The van der Waals surface area contributed by atoms with E-state index in [4.69, 9.17) is 17.0 Å². The zero-order valence-corrected chi connectivity index (χ0v) is 16.0. The van der Waals surface area contributed by atoms with Crippen LogP contribution in [0.3, 0.4) is 0 Å². The monoisotopic (exact) mass is 385 g/mol. The second-order valence-corrected chi connectivity index (χ2v) is 6.19. The number of aryl methyl sites for hydroxylation is 1. The Kier molecular flexibility index (Phi) is 8.25. The standard InChI is InChI=1S/C20H23N3O3S/c1-2-14-26-17-11-7-6-10-16(17)19(25)22-23-20(27)21-18(24)13-12-15-8-4-3-5-9-15/h3-11H,2,12-14H2,1H3,(H,22,25)(H2,21,23,24,27). The molecule has 3 N–H and O–H groups in total. The molecule has 2 rings (SSSR count). The number of nitrogens with one attached hydrogen (secondary N) is 3. The lowest BCUT2D eigenvalue weighted by atomic mass is 10.1. The molecule has 7 heteroatoms. The third kappa shape index (κ3) is 7.07. The fraction of sp³-hybridized carbons (Fsp3) is 0.250. The fourth-order valence-electron chi connectivity index (χ4n) is 2.30. The van der Waals surface area contributed by atoms with E-state index in [0.717, 1.165) is 12.0 Å². The maximum Gasteiger partial charge on any atom is 0.273 e. The Morgan fingerprint density at radius 3 is 2.44 bits per heavy atom. The zero-order valence-electron chi connectivity index (χ0n) is 15.2. The maximum atomic E-state index is 12.3. The van der Waals surface area contributed by atoms with Crippen molar-refractivity contribution in [3.05, 3.63) is 65.7 Å². The van der Waals surface area contributed by atoms with Crippen molar-refractivity contribution >= 4 is 29.1 Å². The first kappa shape index (κ1) is 20.4. The van der Waals surface area contributed by atoms with E-state index in [1.54, 1.807) is 24.3 Å². The Labute approximate surface area is 164 Å². The lowest BCUT2D eigenvalue weighted by Gasteiger charge is -2.13. The van der Waals surface area contributed by atoms with Crippen LogP contribution in [-0.4, -0.2) is 23.5 Å². The van der Waals surface area contributed by atoms with Crippen LogP contribution < -0.4 is 20.9 Å². The topological polar surface area (TPSA) is 79.5 Å². The summed E-state index contributed by atoms with van der Waals surface area (Å²) >= 11 is 5.04. The van der Waals surface area contributed by atoms with Crippen molar-refractivity contribution in [2.45, 2.75) is 26.2 Å². The lowest BCUT2D eigenvalue weighted by Crippen LogP contribution is -2.48. The van der Waals surface area contributed by atoms with Crippen molar-refractivity contribution in [3.63, 3.8) is 0 Å². The van der Waals surface area contributed by atoms with Crippen LogP contribution in [0.2, 0.25) is 0 Å². The summed E-state index contributed by atoms with van der Waals surface area (Å²) in [5, 5.41) is 2.58. The number of hydrogen-bond donors (Lipinski definition) is 3. The highest BCUT2D eigenvalue weighted by Crippen LogP contribution is 2.17. The summed E-state index contributed by atoms with van der Waals surface area (Å²) in [6.07, 6.45) is 1.75. The molecule has 2 aromatic rings. The van der Waals surface area contributed by atoms with Crippen LogP contribution in [0, 0.1) is 0 Å². The number of benzene rings is 2. The summed E-state index contributed by atoms with van der Waals surface area (Å²) in [5.41, 5.74) is 6.47. The number of hydrogen-bond acceptors (Lipinski definition) is 4. The van der Waals surface area contributed by atoms with Gasteiger partial charge in [0.15, 0.2) is 5.11 Å². The van der Waals surface area contributed by atoms with E-state index in [-0.39, 0.29) is 11.0 Å². The van der Waals surface area contributed by atoms with Crippen LogP contribution >= 0.6 is 12.2 Å². The molecule has 0 aliphatic carbocycles. The van der Waals surface area contributed by atoms with Gasteiger partial charge < -0.3 is 10.1 Å². The van der Waals surface area contributed by atoms with Gasteiger partial charge >= 0.3 is 0 Å². The third-order valence-corrected chi connectivity index (χ3v) is 3.82. The number of ether oxygens (including phenoxy) is 1. The summed E-state index contributed by atoms with van der Waals surface area (Å²) in [6, 6.07) is 16.6. The summed E-state index contributed by atoms with van der Waals surface area (Å²) in [5.74, 6) is -0.128. The molecule has 0 bridgehead atoms. The first-order valence-corrected chi connectivity index (χ1v) is 9.17. The van der Waals surface area contributed by atoms with Gasteiger partial charge in [-0.15, -0.1) is 0 Å². The van der Waals surface area contributed by atoms with Gasteiger partial charge in [0.2, 0.25) is 5.91 Å². The van der Waals surface area contributed by atoms with Gasteiger partial charge in [0.1, 0.15) is 5.75 Å². The van der Waals surface area contributed by atoms with Crippen molar-refractivity contribution in [2.75, 3.05) is 6.61 Å². The van der Waals surface area contributed by atoms with Gasteiger partial charge in [0.25, 0.3) is 5.91 Å². The Bertz CT molecular complexity index is 781. The van der Waals surface area contributed by atoms with E-state index in [1.807, 2.05) is 37.3 Å². The van der Waals surface area contributed by atoms with Gasteiger partial charge in [-0.2, -0.15) is 0 Å². The van der Waals surface area contributed by atoms with E-state index in [1.165, 1.54) is 0 Å². The summed E-state index contributed by atoms with van der Waals surface area (Å²) in [7, 11) is 0. The lowest BCUT2D eigenvalue weighted by molar-refractivity contribution is -0.119. The number of thiocarbonyl (C=S) groups is 1. The third-order valence-electron chi connectivity index (χ3n) is 3.62. The SMILES string of the molecule is CCCOc1ccccc1C(=O)NNC(=S)NC(=O)CCc1ccccc1. The second-order valence-electron chi connectivity index (χ2n) is 5.79. The number of carbonyl (C=O) groups excluding carboxylic acids is 2. The highest BCUT2D eigenvalue weighted by Gasteiger charge is 2.12. The van der Waals surface area contributed by atoms with Gasteiger partial charge in [0.05, 0.1) is 12.2 Å². The number of hydrazine groups is 1. The number of para-hydroxylation sites is 1. The minimum absolute atomic E-state index is 0.0355. The molecule has 0 fully saturated rings. The molecular formula is C20H23N3O3S. The number of rotatable bonds is 7. The van der Waals surface area contributed by atoms with E-state index in [0.29, 0.717) is 30.8 Å². The smallest absolute Gasteiger partial charge is 0.273 e. The highest BCUT2D eigenvalue weighted by atomic mass is 32.1. The molecule has 0 unspecified atom stereocenters. The molecule has 6 nitrogen and oxygen atoms in total. The normalized spacial score (nSPS) is 9.96. The molecule has 0 atom stereocenters. The summed E-state index contributed by atoms with van der Waals surface area (Å²) in [4.78, 5) is 24.2. The van der Waals surface area contributed by atoms with Crippen LogP contribution in [0.4, 0.5) is 0 Å². The zero-order chi connectivity index (χ0) is 19.5. The van der Waals surface area contributed by atoms with Crippen LogP contribution in [0.15, 0.2) is 54.6 Å². The summed E-state index contributed by atoms with van der Waals surface area (Å²) in [6.45, 7) is 2.51. The predicted molar refractivity (Wildman–Crippen MR) is 108 cm³/mol. The first-order chi connectivity index (χ1) is 13.1. The average Bonchev–Trinajstić information content (AvgIpc) is 2.70. The molecule has 142 valence electrons. The Morgan fingerprint density at radius 1 is 1.00 bits per heavy atom. The first-order valence-electron chi connectivity index (χ1n) is 8.76. The number of amides is 2. The van der Waals surface area contributed by atoms with Gasteiger partial charge in [-0.25, -0.2) is 0 Å². The van der Waals surface area contributed by atoms with Gasteiger partial charge in [-0.05, 0) is 42.8 Å². The molecule has 2 aromatic carbocycles. The van der Waals surface area contributed by atoms with Gasteiger partial charge in [0, 0.05) is 6.42 Å². The maximum absolute atomic E-state index is 12.3. The molecule has 0 aromatic heterocycles. The minimum atomic E-state index is -0.400. The second kappa shape index (κ2) is 10.9. The molecule has 0 radical (unpaired) electrons. The van der Waals surface area contributed by atoms with Crippen molar-refractivity contribution in [2.24, 2.45) is 0 Å².